The molecule has 0 aliphatic carbocycles. The average molecular weight is 767 g/mol. The van der Waals surface area contributed by atoms with Crippen LogP contribution >= 0.6 is 11.6 Å². The Morgan fingerprint density at radius 2 is 1.92 bits per heavy atom. The van der Waals surface area contributed by atoms with E-state index >= 15 is 4.39 Å². The summed E-state index contributed by atoms with van der Waals surface area (Å²) in [5.74, 6) is -0.959. The molecule has 18 heteroatoms. The lowest BCUT2D eigenvalue weighted by Crippen LogP contribution is -2.67. The lowest BCUT2D eigenvalue weighted by Gasteiger charge is -2.54. The van der Waals surface area contributed by atoms with Gasteiger partial charge in [0, 0.05) is 56.3 Å². The summed E-state index contributed by atoms with van der Waals surface area (Å²) in [7, 11) is 1.38. The summed E-state index contributed by atoms with van der Waals surface area (Å²) < 4.78 is 87.4. The smallest absolute Gasteiger partial charge is 0.416 e. The number of fused-ring (bicyclic) bond motifs is 3. The van der Waals surface area contributed by atoms with Gasteiger partial charge in [0.05, 0.1) is 72.7 Å². The van der Waals surface area contributed by atoms with Gasteiger partial charge in [-0.05, 0) is 44.4 Å². The quantitative estimate of drug-likeness (QED) is 0.288. The highest BCUT2D eigenvalue weighted by Crippen LogP contribution is 2.44. The van der Waals surface area contributed by atoms with Crippen LogP contribution < -0.4 is 15.4 Å². The summed E-state index contributed by atoms with van der Waals surface area (Å²) in [5, 5.41) is 4.82. The molecule has 0 saturated carbocycles. The number of likely N-dealkylation sites (tertiary alicyclic amines) is 1. The molecule has 0 radical (unpaired) electrons. The lowest BCUT2D eigenvalue weighted by atomic mass is 9.78. The molecule has 2 aromatic heterocycles. The molecule has 4 saturated heterocycles. The number of halogens is 6. The minimum absolute atomic E-state index is 0.00472. The Labute approximate surface area is 307 Å². The number of hydrogen-bond acceptors (Lipinski definition) is 10. The molecule has 1 spiro atoms. The number of nitrogens with zero attached hydrogens (tertiary/aromatic N) is 7. The highest BCUT2D eigenvalue weighted by Gasteiger charge is 2.51. The summed E-state index contributed by atoms with van der Waals surface area (Å²) in [6, 6.07) is 2.25. The van der Waals surface area contributed by atoms with E-state index in [4.69, 9.17) is 31.5 Å². The van der Waals surface area contributed by atoms with E-state index in [0.717, 1.165) is 25.1 Å². The number of hydrogen-bond donors (Lipinski definition) is 1. The van der Waals surface area contributed by atoms with Crippen molar-refractivity contribution in [3.63, 3.8) is 0 Å². The summed E-state index contributed by atoms with van der Waals surface area (Å²) in [6.07, 6.45) is -2.84. The second kappa shape index (κ2) is 13.8. The van der Waals surface area contributed by atoms with E-state index in [-0.39, 0.29) is 47.6 Å². The van der Waals surface area contributed by atoms with Gasteiger partial charge >= 0.3 is 12.2 Å². The van der Waals surface area contributed by atoms with Crippen LogP contribution in [0.4, 0.5) is 33.5 Å². The summed E-state index contributed by atoms with van der Waals surface area (Å²) in [5.41, 5.74) is 5.18. The Balaban J connectivity index is 0.000000386. The highest BCUT2D eigenvalue weighted by atomic mass is 35.5. The van der Waals surface area contributed by atoms with Gasteiger partial charge in [0.25, 0.3) is 5.91 Å². The van der Waals surface area contributed by atoms with Gasteiger partial charge in [-0.25, -0.2) is 8.78 Å². The third-order valence-corrected chi connectivity index (χ3v) is 11.5. The van der Waals surface area contributed by atoms with Crippen LogP contribution in [-0.4, -0.2) is 101 Å². The molecule has 1 amide bonds. The van der Waals surface area contributed by atoms with E-state index in [1.54, 1.807) is 9.58 Å². The molecule has 12 nitrogen and oxygen atoms in total. The van der Waals surface area contributed by atoms with Gasteiger partial charge in [-0.3, -0.25) is 14.4 Å². The van der Waals surface area contributed by atoms with Crippen LogP contribution in [0, 0.1) is 11.2 Å². The fraction of sp³-hybridized carbons (Fsp3) is 0.600. The highest BCUT2D eigenvalue weighted by molar-refractivity contribution is 6.34. The van der Waals surface area contributed by atoms with Crippen molar-refractivity contribution in [3.05, 3.63) is 56.7 Å². The van der Waals surface area contributed by atoms with E-state index in [0.29, 0.717) is 81.2 Å². The Morgan fingerprint density at radius 1 is 1.13 bits per heavy atom. The van der Waals surface area contributed by atoms with Crippen molar-refractivity contribution >= 4 is 29.0 Å². The number of anilines is 2. The van der Waals surface area contributed by atoms with Gasteiger partial charge in [-0.15, -0.1) is 0 Å². The number of carbonyl (C=O) groups excluding carboxylic acids is 1. The molecule has 4 fully saturated rings. The molecule has 3 atom stereocenters. The molecular weight excluding hydrogens is 727 g/mol. The maximum Gasteiger partial charge on any atom is 0.416 e. The third kappa shape index (κ3) is 6.67. The number of aryl methyl sites for hydroxylation is 1. The molecule has 8 heterocycles. The zero-order chi connectivity index (χ0) is 37.2. The second-order valence-electron chi connectivity index (χ2n) is 14.8. The normalized spacial score (nSPS) is 24.7. The number of alkyl halides is 4. The fourth-order valence-corrected chi connectivity index (χ4v) is 8.67. The minimum atomic E-state index is -4.82. The number of methoxy groups -OCH3 is 1. The van der Waals surface area contributed by atoms with Crippen LogP contribution in [0.3, 0.4) is 0 Å². The molecule has 3 unspecified atom stereocenters. The minimum Gasteiger partial charge on any atom is -0.467 e. The van der Waals surface area contributed by atoms with Gasteiger partial charge < -0.3 is 29.7 Å². The number of nitrogens with two attached hydrogens (primary N) is 1. The Morgan fingerprint density at radius 3 is 2.62 bits per heavy atom. The number of rotatable bonds is 4. The van der Waals surface area contributed by atoms with Crippen LogP contribution in [0.1, 0.15) is 70.4 Å². The maximum atomic E-state index is 15.1. The fourth-order valence-electron chi connectivity index (χ4n) is 8.40. The molecule has 6 aliphatic rings. The van der Waals surface area contributed by atoms with Gasteiger partial charge in [0.15, 0.2) is 11.5 Å². The first-order valence-corrected chi connectivity index (χ1v) is 18.2. The second-order valence-corrected chi connectivity index (χ2v) is 15.2. The SMILES string of the molecule is COc1nc2c(c(N3CCCn4nc(C(=O)N5CC6(COC6)C5)c(Cl)c4C3)n1)COC(c1c(C(F)(F)F)ccc(N)c1F)C2.FC1CC2CCCN2C1. The Hall–Kier alpha value is -3.80. The van der Waals surface area contributed by atoms with Crippen LogP contribution in [-0.2, 0) is 41.8 Å². The zero-order valence-electron chi connectivity index (χ0n) is 29.1. The van der Waals surface area contributed by atoms with Gasteiger partial charge in [0.1, 0.15) is 12.0 Å². The largest absolute Gasteiger partial charge is 0.467 e. The van der Waals surface area contributed by atoms with E-state index < -0.39 is 41.1 Å². The molecule has 2 N–H and O–H groups in total. The summed E-state index contributed by atoms with van der Waals surface area (Å²) in [4.78, 5) is 28.1. The predicted octanol–water partition coefficient (Wildman–Crippen LogP) is 4.96. The predicted molar refractivity (Wildman–Crippen MR) is 182 cm³/mol. The molecular formula is C35H40ClF5N8O4. The first-order chi connectivity index (χ1) is 25.3. The zero-order valence-corrected chi connectivity index (χ0v) is 29.9. The van der Waals surface area contributed by atoms with Crippen LogP contribution in [0.25, 0.3) is 0 Å². The van der Waals surface area contributed by atoms with E-state index in [1.165, 1.54) is 20.0 Å². The first kappa shape index (κ1) is 36.2. The van der Waals surface area contributed by atoms with Crippen molar-refractivity contribution in [2.45, 2.75) is 76.3 Å². The van der Waals surface area contributed by atoms with Crippen molar-refractivity contribution in [1.29, 1.82) is 0 Å². The number of benzene rings is 1. The van der Waals surface area contributed by atoms with Crippen molar-refractivity contribution in [2.75, 3.05) is 63.7 Å². The van der Waals surface area contributed by atoms with Gasteiger partial charge in [0.2, 0.25) is 0 Å². The standard InChI is InChI=1S/C28H28ClF4N7O4.C7H12FN/c1-42-26-35-17-7-19(20-15(28(31,32)33)3-4-16(34)22(20)30)44-9-14(17)24(36-26)38-5-2-6-40-18(8-38)21(29)23(37-40)25(41)39-10-27(11-39)12-43-13-27;8-6-4-7-2-1-3-9(7)5-6/h3-4,19H,2,5-13,34H2,1H3;6-7H,1-5H2. The van der Waals surface area contributed by atoms with Crippen LogP contribution in [0.2, 0.25) is 5.02 Å². The molecule has 6 aliphatic heterocycles. The monoisotopic (exact) mass is 766 g/mol. The van der Waals surface area contributed by atoms with Gasteiger partial charge in [-0.2, -0.15) is 28.2 Å². The van der Waals surface area contributed by atoms with E-state index in [1.807, 2.05) is 4.90 Å². The van der Waals surface area contributed by atoms with Crippen molar-refractivity contribution in [3.8, 4) is 6.01 Å². The van der Waals surface area contributed by atoms with Crippen molar-refractivity contribution in [1.82, 2.24) is 29.5 Å². The number of nitrogen functional groups attached to an aromatic ring is 1. The Kier molecular flexibility index (Phi) is 9.43. The third-order valence-electron chi connectivity index (χ3n) is 11.1. The average Bonchev–Trinajstić information content (AvgIpc) is 3.70. The molecule has 9 rings (SSSR count). The first-order valence-electron chi connectivity index (χ1n) is 17.8. The maximum absolute atomic E-state index is 15.1. The Bertz CT molecular complexity index is 1890. The topological polar surface area (TPSA) is 124 Å². The van der Waals surface area contributed by atoms with Crippen LogP contribution in [0.15, 0.2) is 12.1 Å². The van der Waals surface area contributed by atoms with Crippen molar-refractivity contribution in [2.24, 2.45) is 5.41 Å². The van der Waals surface area contributed by atoms with Crippen LogP contribution in [0.5, 0.6) is 6.01 Å². The number of aromatic nitrogens is 4. The lowest BCUT2D eigenvalue weighted by molar-refractivity contribution is -0.176. The molecule has 0 bridgehead atoms. The van der Waals surface area contributed by atoms with Gasteiger partial charge in [-0.1, -0.05) is 11.6 Å². The summed E-state index contributed by atoms with van der Waals surface area (Å²) >= 11 is 6.77. The number of ether oxygens (including phenoxy) is 3. The van der Waals surface area contributed by atoms with E-state index in [9.17, 15) is 22.4 Å². The number of carbonyl (C=O) groups is 1. The molecule has 3 aromatic rings. The number of amides is 1. The molecule has 53 heavy (non-hydrogen) atoms. The van der Waals surface area contributed by atoms with E-state index in [2.05, 4.69) is 20.0 Å². The van der Waals surface area contributed by atoms with Crippen molar-refractivity contribution < 1.29 is 41.0 Å². The summed E-state index contributed by atoms with van der Waals surface area (Å²) in [6.45, 7) is 5.46. The molecule has 286 valence electrons. The molecule has 1 aromatic carbocycles.